The molecule has 5 heteroatoms. The number of amides is 1. The van der Waals surface area contributed by atoms with Crippen molar-refractivity contribution in [3.05, 3.63) is 48.0 Å². The Balaban J connectivity index is 1.65. The Labute approximate surface area is 141 Å². The van der Waals surface area contributed by atoms with Crippen LogP contribution in [0.3, 0.4) is 0 Å². The molecule has 1 aliphatic heterocycles. The summed E-state index contributed by atoms with van der Waals surface area (Å²) >= 11 is 5.16. The van der Waals surface area contributed by atoms with Crippen LogP contribution in [-0.4, -0.2) is 18.1 Å². The number of hydrogen-bond donors (Lipinski definition) is 1. The van der Waals surface area contributed by atoms with Gasteiger partial charge in [-0.15, -0.1) is 0 Å². The van der Waals surface area contributed by atoms with Gasteiger partial charge in [-0.2, -0.15) is 4.90 Å². The lowest BCUT2D eigenvalue weighted by Crippen LogP contribution is -2.25. The molecule has 1 aliphatic rings. The third-order valence-corrected chi connectivity index (χ3v) is 3.93. The van der Waals surface area contributed by atoms with Crippen LogP contribution in [0.1, 0.15) is 19.4 Å². The molecule has 2 aromatic carbocycles. The van der Waals surface area contributed by atoms with E-state index in [-0.39, 0.29) is 18.1 Å². The van der Waals surface area contributed by atoms with Crippen LogP contribution in [0.2, 0.25) is 0 Å². The van der Waals surface area contributed by atoms with Crippen LogP contribution in [0.5, 0.6) is 11.5 Å². The van der Waals surface area contributed by atoms with Crippen molar-refractivity contribution >= 4 is 24.2 Å². The molecule has 4 nitrogen and oxygen atoms in total. The first-order valence-electron chi connectivity index (χ1n) is 7.44. The Morgan fingerprint density at radius 3 is 2.83 bits per heavy atom. The fourth-order valence-electron chi connectivity index (χ4n) is 2.60. The van der Waals surface area contributed by atoms with Crippen molar-refractivity contribution in [1.82, 2.24) is 0 Å². The van der Waals surface area contributed by atoms with Crippen molar-refractivity contribution in [2.45, 2.75) is 30.8 Å². The average molecular weight is 328 g/mol. The van der Waals surface area contributed by atoms with E-state index in [1.54, 1.807) is 12.1 Å². The number of rotatable bonds is 4. The fourth-order valence-corrected chi connectivity index (χ4v) is 2.80. The lowest BCUT2D eigenvalue weighted by atomic mass is 10.0. The number of fused-ring (bicyclic) bond motifs is 1. The standard InChI is InChI=1S/C18H19NO3S/c1-18(2)10-12-6-5-8-14(17(12)22-18)21-11-16(20)19-13-7-3-4-9-15(13)23/h3-9,23H,10-11H2,1-2H3,(H,19,20)/p-1. The van der Waals surface area contributed by atoms with Crippen molar-refractivity contribution in [3.63, 3.8) is 0 Å². The molecule has 1 heterocycles. The van der Waals surface area contributed by atoms with Crippen LogP contribution >= 0.6 is 0 Å². The van der Waals surface area contributed by atoms with E-state index in [9.17, 15) is 4.79 Å². The van der Waals surface area contributed by atoms with E-state index >= 15 is 0 Å². The highest BCUT2D eigenvalue weighted by Crippen LogP contribution is 2.41. The van der Waals surface area contributed by atoms with E-state index in [4.69, 9.17) is 22.1 Å². The maximum atomic E-state index is 12.0. The third-order valence-electron chi connectivity index (χ3n) is 3.57. The smallest absolute Gasteiger partial charge is 0.262 e. The summed E-state index contributed by atoms with van der Waals surface area (Å²) in [5.74, 6) is 1.07. The normalized spacial score (nSPS) is 14.7. The second-order valence-corrected chi connectivity index (χ2v) is 6.56. The Hall–Kier alpha value is -2.27. The molecule has 1 N–H and O–H groups in total. The van der Waals surface area contributed by atoms with Crippen LogP contribution in [0.4, 0.5) is 5.69 Å². The number of carbonyl (C=O) groups is 1. The fraction of sp³-hybridized carbons (Fsp3) is 0.278. The topological polar surface area (TPSA) is 47.6 Å². The highest BCUT2D eigenvalue weighted by molar-refractivity contribution is 7.59. The van der Waals surface area contributed by atoms with Gasteiger partial charge in [0.25, 0.3) is 5.91 Å². The number of ether oxygens (including phenoxy) is 2. The molecule has 0 aromatic heterocycles. The van der Waals surface area contributed by atoms with Crippen LogP contribution < -0.4 is 14.8 Å². The summed E-state index contributed by atoms with van der Waals surface area (Å²) in [4.78, 5) is 12.6. The Morgan fingerprint density at radius 2 is 2.04 bits per heavy atom. The minimum absolute atomic E-state index is 0.0933. The first kappa shape index (κ1) is 15.6. The van der Waals surface area contributed by atoms with Crippen molar-refractivity contribution in [2.24, 2.45) is 0 Å². The Kier molecular flexibility index (Phi) is 4.13. The summed E-state index contributed by atoms with van der Waals surface area (Å²) in [6.07, 6.45) is 0.828. The van der Waals surface area contributed by atoms with Gasteiger partial charge in [0.2, 0.25) is 0 Å². The zero-order chi connectivity index (χ0) is 16.4. The van der Waals surface area contributed by atoms with Crippen molar-refractivity contribution in [2.75, 3.05) is 11.9 Å². The minimum Gasteiger partial charge on any atom is -0.778 e. The van der Waals surface area contributed by atoms with Crippen molar-refractivity contribution in [1.29, 1.82) is 0 Å². The molecule has 2 aromatic rings. The predicted molar refractivity (Wildman–Crippen MR) is 91.1 cm³/mol. The number of benzene rings is 2. The first-order chi connectivity index (χ1) is 10.9. The van der Waals surface area contributed by atoms with E-state index < -0.39 is 0 Å². The van der Waals surface area contributed by atoms with Gasteiger partial charge in [0.15, 0.2) is 18.1 Å². The van der Waals surface area contributed by atoms with E-state index in [1.165, 1.54) is 0 Å². The molecule has 0 bridgehead atoms. The molecule has 0 saturated carbocycles. The van der Waals surface area contributed by atoms with Gasteiger partial charge in [-0.05, 0) is 26.0 Å². The van der Waals surface area contributed by atoms with Crippen molar-refractivity contribution < 1.29 is 14.3 Å². The van der Waals surface area contributed by atoms with Gasteiger partial charge < -0.3 is 27.4 Å². The van der Waals surface area contributed by atoms with Crippen LogP contribution in [0, 0.1) is 0 Å². The second kappa shape index (κ2) is 6.08. The highest BCUT2D eigenvalue weighted by Gasteiger charge is 2.32. The molecule has 0 atom stereocenters. The second-order valence-electron chi connectivity index (χ2n) is 6.12. The zero-order valence-electron chi connectivity index (χ0n) is 13.1. The van der Waals surface area contributed by atoms with E-state index in [0.29, 0.717) is 16.3 Å². The summed E-state index contributed by atoms with van der Waals surface area (Å²) < 4.78 is 11.6. The van der Waals surface area contributed by atoms with Gasteiger partial charge in [0, 0.05) is 17.7 Å². The predicted octanol–water partition coefficient (Wildman–Crippen LogP) is 3.32. The number of carbonyl (C=O) groups excluding carboxylic acids is 1. The Bertz CT molecular complexity index is 743. The monoisotopic (exact) mass is 328 g/mol. The third kappa shape index (κ3) is 3.56. The summed E-state index contributed by atoms with van der Waals surface area (Å²) in [5, 5.41) is 2.76. The minimum atomic E-state index is -0.253. The van der Waals surface area contributed by atoms with Gasteiger partial charge >= 0.3 is 0 Å². The molecule has 0 unspecified atom stereocenters. The summed E-state index contributed by atoms with van der Waals surface area (Å²) in [6.45, 7) is 3.97. The molecule has 120 valence electrons. The van der Waals surface area contributed by atoms with Crippen molar-refractivity contribution in [3.8, 4) is 11.5 Å². The van der Waals surface area contributed by atoms with Gasteiger partial charge in [0.1, 0.15) is 5.60 Å². The first-order valence-corrected chi connectivity index (χ1v) is 7.85. The zero-order valence-corrected chi connectivity index (χ0v) is 13.9. The lowest BCUT2D eigenvalue weighted by Gasteiger charge is -2.18. The molecule has 1 amide bonds. The van der Waals surface area contributed by atoms with Crippen LogP contribution in [-0.2, 0) is 23.8 Å². The van der Waals surface area contributed by atoms with E-state index in [1.807, 2.05) is 44.2 Å². The number of nitrogens with one attached hydrogen (secondary N) is 1. The maximum absolute atomic E-state index is 12.0. The summed E-state index contributed by atoms with van der Waals surface area (Å²) in [5.41, 5.74) is 1.47. The van der Waals surface area contributed by atoms with E-state index in [0.717, 1.165) is 17.7 Å². The molecule has 23 heavy (non-hydrogen) atoms. The maximum Gasteiger partial charge on any atom is 0.262 e. The summed E-state index contributed by atoms with van der Waals surface area (Å²) in [6, 6.07) is 12.9. The van der Waals surface area contributed by atoms with Gasteiger partial charge in [0.05, 0.1) is 0 Å². The molecule has 0 radical (unpaired) electrons. The molecule has 0 aliphatic carbocycles. The molecular formula is C18H18NO3S-. The highest BCUT2D eigenvalue weighted by atomic mass is 32.1. The van der Waals surface area contributed by atoms with Gasteiger partial charge in [-0.25, -0.2) is 0 Å². The van der Waals surface area contributed by atoms with Gasteiger partial charge in [-0.3, -0.25) is 4.79 Å². The lowest BCUT2D eigenvalue weighted by molar-refractivity contribution is -0.118. The van der Waals surface area contributed by atoms with Crippen LogP contribution in [0.25, 0.3) is 0 Å². The average Bonchev–Trinajstić information content (AvgIpc) is 2.82. The quantitative estimate of drug-likeness (QED) is 0.875. The summed E-state index contributed by atoms with van der Waals surface area (Å²) in [7, 11) is 0. The number of anilines is 1. The van der Waals surface area contributed by atoms with Gasteiger partial charge in [-0.1, -0.05) is 30.3 Å². The molecule has 3 rings (SSSR count). The Morgan fingerprint density at radius 1 is 1.26 bits per heavy atom. The molecular weight excluding hydrogens is 310 g/mol. The van der Waals surface area contributed by atoms with E-state index in [2.05, 4.69) is 5.32 Å². The SMILES string of the molecule is CC1(C)Cc2cccc(OCC(=O)Nc3ccccc3[S-])c2O1. The molecule has 0 saturated heterocycles. The largest absolute Gasteiger partial charge is 0.778 e. The molecule has 0 spiro atoms. The number of para-hydroxylation sites is 2. The number of hydrogen-bond acceptors (Lipinski definition) is 4. The van der Waals surface area contributed by atoms with Crippen LogP contribution in [0.15, 0.2) is 47.4 Å². The molecule has 0 fully saturated rings.